The number of ether oxygens (including phenoxy) is 2. The van der Waals surface area contributed by atoms with Crippen molar-refractivity contribution in [1.29, 1.82) is 0 Å². The van der Waals surface area contributed by atoms with Gasteiger partial charge >= 0.3 is 0 Å². The van der Waals surface area contributed by atoms with Crippen molar-refractivity contribution in [3.63, 3.8) is 0 Å². The van der Waals surface area contributed by atoms with Crippen LogP contribution in [0.5, 0.6) is 0 Å². The van der Waals surface area contributed by atoms with Crippen LogP contribution in [0.2, 0.25) is 0 Å². The van der Waals surface area contributed by atoms with Gasteiger partial charge in [-0.05, 0) is 26.3 Å². The third kappa shape index (κ3) is 6.56. The number of allylic oxidation sites excluding steroid dienone is 1. The van der Waals surface area contributed by atoms with Crippen LogP contribution in [-0.2, 0) is 18.5 Å². The van der Waals surface area contributed by atoms with Gasteiger partial charge in [-0.25, -0.2) is 0 Å². The monoisotopic (exact) mass is 250 g/mol. The molecule has 0 aromatic rings. The molecule has 0 aromatic carbocycles. The molecule has 0 rings (SSSR count). The van der Waals surface area contributed by atoms with Crippen LogP contribution < -0.4 is 0 Å². The molecule has 4 nitrogen and oxygen atoms in total. The summed E-state index contributed by atoms with van der Waals surface area (Å²) < 4.78 is 21.3. The van der Waals surface area contributed by atoms with Gasteiger partial charge in [0, 0.05) is 20.4 Å². The highest BCUT2D eigenvalue weighted by molar-refractivity contribution is 7.47. The zero-order chi connectivity index (χ0) is 12.4. The molecule has 0 N–H and O–H groups in total. The number of methoxy groups -OCH3 is 2. The second kappa shape index (κ2) is 10.2. The average Bonchev–Trinajstić information content (AvgIpc) is 2.28. The fraction of sp³-hybridized carbons (Fsp3) is 0.818. The summed E-state index contributed by atoms with van der Waals surface area (Å²) >= 11 is 0. The van der Waals surface area contributed by atoms with E-state index in [-0.39, 0.29) is 6.29 Å². The van der Waals surface area contributed by atoms with Gasteiger partial charge in [0.1, 0.15) is 0 Å². The minimum Gasteiger partial charge on any atom is -0.352 e. The predicted octanol–water partition coefficient (Wildman–Crippen LogP) is 2.94. The van der Waals surface area contributed by atoms with E-state index < -0.39 is 8.38 Å². The zero-order valence-corrected chi connectivity index (χ0v) is 11.8. The van der Waals surface area contributed by atoms with E-state index in [1.165, 1.54) is 0 Å². The molecule has 0 saturated carbocycles. The van der Waals surface area contributed by atoms with Crippen molar-refractivity contribution in [3.05, 3.63) is 11.6 Å². The highest BCUT2D eigenvalue weighted by Crippen LogP contribution is 2.38. The summed E-state index contributed by atoms with van der Waals surface area (Å²) in [6.07, 6.45) is 2.54. The molecular formula is C11H23O4P. The van der Waals surface area contributed by atoms with Gasteiger partial charge in [0.2, 0.25) is 0 Å². The molecule has 0 aromatic heterocycles. The summed E-state index contributed by atoms with van der Waals surface area (Å²) in [4.78, 5) is 0. The van der Waals surface area contributed by atoms with Crippen molar-refractivity contribution in [2.75, 3.05) is 33.6 Å². The van der Waals surface area contributed by atoms with Crippen LogP contribution in [0, 0.1) is 0 Å². The minimum absolute atomic E-state index is 0.278. The molecule has 0 radical (unpaired) electrons. The van der Waals surface area contributed by atoms with Crippen molar-refractivity contribution in [3.8, 4) is 0 Å². The maximum Gasteiger partial charge on any atom is 0.178 e. The lowest BCUT2D eigenvalue weighted by Crippen LogP contribution is -2.14. The largest absolute Gasteiger partial charge is 0.352 e. The van der Waals surface area contributed by atoms with E-state index in [4.69, 9.17) is 18.5 Å². The fourth-order valence-corrected chi connectivity index (χ4v) is 2.51. The molecule has 5 heteroatoms. The first-order valence-electron chi connectivity index (χ1n) is 5.45. The maximum atomic E-state index is 5.50. The Morgan fingerprint density at radius 2 is 1.62 bits per heavy atom. The first-order chi connectivity index (χ1) is 7.69. The Balaban J connectivity index is 4.17. The number of rotatable bonds is 9. The van der Waals surface area contributed by atoms with E-state index >= 15 is 0 Å². The van der Waals surface area contributed by atoms with Crippen molar-refractivity contribution < 1.29 is 18.5 Å². The van der Waals surface area contributed by atoms with Gasteiger partial charge in [-0.1, -0.05) is 6.08 Å². The summed E-state index contributed by atoms with van der Waals surface area (Å²) in [5.41, 5.74) is 1.04. The Kier molecular flexibility index (Phi) is 10.2. The van der Waals surface area contributed by atoms with E-state index in [2.05, 4.69) is 6.08 Å². The summed E-state index contributed by atoms with van der Waals surface area (Å²) in [5, 5.41) is 0. The van der Waals surface area contributed by atoms with Gasteiger partial charge in [0.15, 0.2) is 14.7 Å². The molecule has 0 amide bonds. The Bertz CT molecular complexity index is 186. The van der Waals surface area contributed by atoms with E-state index in [1.54, 1.807) is 14.2 Å². The highest BCUT2D eigenvalue weighted by atomic mass is 31.2. The molecule has 0 fully saturated rings. The fourth-order valence-electron chi connectivity index (χ4n) is 1.21. The first-order valence-corrected chi connectivity index (χ1v) is 6.81. The van der Waals surface area contributed by atoms with Crippen LogP contribution in [0.4, 0.5) is 0 Å². The molecule has 0 unspecified atom stereocenters. The quantitative estimate of drug-likeness (QED) is 0.358. The van der Waals surface area contributed by atoms with E-state index in [1.807, 2.05) is 20.8 Å². The molecule has 0 aliphatic heterocycles. The summed E-state index contributed by atoms with van der Waals surface area (Å²) in [5.74, 6) is 0. The van der Waals surface area contributed by atoms with Gasteiger partial charge in [-0.15, -0.1) is 0 Å². The molecule has 0 aliphatic carbocycles. The van der Waals surface area contributed by atoms with Crippen LogP contribution in [-0.4, -0.2) is 39.9 Å². The lowest BCUT2D eigenvalue weighted by atomic mass is 10.3. The third-order valence-corrected chi connectivity index (χ3v) is 3.48. The molecule has 0 saturated heterocycles. The number of hydrogen-bond donors (Lipinski definition) is 0. The summed E-state index contributed by atoms with van der Waals surface area (Å²) in [6.45, 7) is 7.27. The molecule has 0 heterocycles. The van der Waals surface area contributed by atoms with Gasteiger partial charge in [0.25, 0.3) is 0 Å². The molecule has 96 valence electrons. The first kappa shape index (κ1) is 16.0. The van der Waals surface area contributed by atoms with Gasteiger partial charge in [-0.2, -0.15) is 0 Å². The van der Waals surface area contributed by atoms with Crippen molar-refractivity contribution in [2.24, 2.45) is 0 Å². The molecule has 0 atom stereocenters. The van der Waals surface area contributed by atoms with Crippen LogP contribution in [0.3, 0.4) is 0 Å². The van der Waals surface area contributed by atoms with E-state index in [0.29, 0.717) is 13.2 Å². The third-order valence-electron chi connectivity index (χ3n) is 1.91. The number of hydrogen-bond acceptors (Lipinski definition) is 4. The minimum atomic E-state index is -0.816. The van der Waals surface area contributed by atoms with E-state index in [0.717, 1.165) is 11.7 Å². The highest BCUT2D eigenvalue weighted by Gasteiger charge is 2.10. The average molecular weight is 250 g/mol. The SMILES string of the molecule is CCOP(CC=C(C)C(OC)OC)OCC. The lowest BCUT2D eigenvalue weighted by molar-refractivity contribution is -0.0747. The summed E-state index contributed by atoms with van der Waals surface area (Å²) in [7, 11) is 2.43. The normalized spacial score (nSPS) is 12.8. The standard InChI is InChI=1S/C11H23O4P/c1-6-14-16(15-7-2)9-8-10(3)11(12-4)13-5/h8,11H,6-7,9H2,1-5H3. The smallest absolute Gasteiger partial charge is 0.178 e. The molecule has 16 heavy (non-hydrogen) atoms. The predicted molar refractivity (Wildman–Crippen MR) is 66.6 cm³/mol. The van der Waals surface area contributed by atoms with Crippen molar-refractivity contribution >= 4 is 8.38 Å². The second-order valence-corrected chi connectivity index (χ2v) is 4.65. The summed E-state index contributed by atoms with van der Waals surface area (Å²) in [6, 6.07) is 0. The van der Waals surface area contributed by atoms with Gasteiger partial charge < -0.3 is 18.5 Å². The van der Waals surface area contributed by atoms with Gasteiger partial charge in [-0.3, -0.25) is 0 Å². The van der Waals surface area contributed by atoms with Crippen LogP contribution in [0.25, 0.3) is 0 Å². The lowest BCUT2D eigenvalue weighted by Gasteiger charge is -2.16. The van der Waals surface area contributed by atoms with Gasteiger partial charge in [0.05, 0.1) is 13.2 Å². The molecule has 0 spiro atoms. The second-order valence-electron chi connectivity index (χ2n) is 3.10. The van der Waals surface area contributed by atoms with Crippen LogP contribution >= 0.6 is 8.38 Å². The van der Waals surface area contributed by atoms with Crippen LogP contribution in [0.1, 0.15) is 20.8 Å². The van der Waals surface area contributed by atoms with Crippen LogP contribution in [0.15, 0.2) is 11.6 Å². The zero-order valence-electron chi connectivity index (χ0n) is 10.9. The molecule has 0 aliphatic rings. The molecular weight excluding hydrogens is 227 g/mol. The topological polar surface area (TPSA) is 36.9 Å². The maximum absolute atomic E-state index is 5.50. The Morgan fingerprint density at radius 3 is 2.00 bits per heavy atom. The Labute approximate surface area is 99.8 Å². The van der Waals surface area contributed by atoms with Crippen molar-refractivity contribution in [1.82, 2.24) is 0 Å². The van der Waals surface area contributed by atoms with E-state index in [9.17, 15) is 0 Å². The molecule has 0 bridgehead atoms. The Hall–Kier alpha value is 0.0100. The van der Waals surface area contributed by atoms with Crippen molar-refractivity contribution in [2.45, 2.75) is 27.1 Å². The Morgan fingerprint density at radius 1 is 1.12 bits per heavy atom.